The number of hydrogen-bond donors (Lipinski definition) is 2. The second-order valence-corrected chi connectivity index (χ2v) is 9.75. The summed E-state index contributed by atoms with van der Waals surface area (Å²) >= 11 is 0. The average Bonchev–Trinajstić information content (AvgIpc) is 3.34. The van der Waals surface area contributed by atoms with Gasteiger partial charge in [0.25, 0.3) is 5.91 Å². The summed E-state index contributed by atoms with van der Waals surface area (Å²) in [6, 6.07) is 15.9. The van der Waals surface area contributed by atoms with Crippen molar-refractivity contribution in [1.29, 1.82) is 0 Å². The van der Waals surface area contributed by atoms with Crippen LogP contribution in [0.4, 0.5) is 18.9 Å². The minimum atomic E-state index is -4.67. The third-order valence-electron chi connectivity index (χ3n) is 6.88. The first kappa shape index (κ1) is 26.4. The van der Waals surface area contributed by atoms with Crippen LogP contribution in [0, 0.1) is 0 Å². The zero-order chi connectivity index (χ0) is 27.7. The molecule has 0 bridgehead atoms. The second-order valence-electron chi connectivity index (χ2n) is 9.75. The van der Waals surface area contributed by atoms with Gasteiger partial charge in [0.05, 0.1) is 11.1 Å². The highest BCUT2D eigenvalue weighted by Crippen LogP contribution is 2.38. The van der Waals surface area contributed by atoms with Gasteiger partial charge in [0.1, 0.15) is 17.5 Å². The highest BCUT2D eigenvalue weighted by molar-refractivity contribution is 6.06. The number of rotatable bonds is 6. The van der Waals surface area contributed by atoms with E-state index in [1.165, 1.54) is 19.1 Å². The summed E-state index contributed by atoms with van der Waals surface area (Å²) in [5.74, 6) is -1.05. The van der Waals surface area contributed by atoms with Crippen LogP contribution in [0.25, 0.3) is 22.0 Å². The van der Waals surface area contributed by atoms with E-state index >= 15 is 0 Å². The van der Waals surface area contributed by atoms with Gasteiger partial charge in [-0.25, -0.2) is 0 Å². The Bertz CT molecular complexity index is 1520. The first-order chi connectivity index (χ1) is 18.6. The van der Waals surface area contributed by atoms with E-state index in [4.69, 9.17) is 4.74 Å². The zero-order valence-electron chi connectivity index (χ0n) is 21.4. The Morgan fingerprint density at radius 1 is 1.00 bits per heavy atom. The lowest BCUT2D eigenvalue weighted by Crippen LogP contribution is -2.36. The van der Waals surface area contributed by atoms with Gasteiger partial charge in [0.15, 0.2) is 5.78 Å². The number of ketones is 1. The van der Waals surface area contributed by atoms with Gasteiger partial charge in [-0.2, -0.15) is 18.3 Å². The summed E-state index contributed by atoms with van der Waals surface area (Å²) in [5.41, 5.74) is 2.17. The van der Waals surface area contributed by atoms with Crippen molar-refractivity contribution < 1.29 is 27.5 Å². The van der Waals surface area contributed by atoms with Crippen molar-refractivity contribution in [1.82, 2.24) is 15.1 Å². The standard InChI is InChI=1S/C29H27F3N4O3/c1-17(37)27-23-9-5-19(16-25(23)34-35-27)18-3-7-21(8-4-18)33-28(38)20-6-10-26(24(15-20)29(30,31)32)39-22-11-13-36(2)14-12-22/h3-10,15-16,22H,11-14H2,1-2H3,(H,33,38)(H,34,35). The average molecular weight is 537 g/mol. The number of piperidine rings is 1. The van der Waals surface area contributed by atoms with Gasteiger partial charge in [0.2, 0.25) is 0 Å². The lowest BCUT2D eigenvalue weighted by atomic mass is 10.0. The fourth-order valence-corrected chi connectivity index (χ4v) is 4.69. The van der Waals surface area contributed by atoms with Gasteiger partial charge in [-0.1, -0.05) is 18.2 Å². The van der Waals surface area contributed by atoms with Crippen molar-refractivity contribution in [2.75, 3.05) is 25.5 Å². The van der Waals surface area contributed by atoms with Crippen LogP contribution in [0.2, 0.25) is 0 Å². The van der Waals surface area contributed by atoms with Gasteiger partial charge in [0, 0.05) is 36.7 Å². The number of halogens is 3. The summed E-state index contributed by atoms with van der Waals surface area (Å²) in [7, 11) is 1.96. The molecule has 1 aliphatic heterocycles. The van der Waals surface area contributed by atoms with E-state index in [1.807, 2.05) is 25.2 Å². The zero-order valence-corrected chi connectivity index (χ0v) is 21.4. The first-order valence-electron chi connectivity index (χ1n) is 12.6. The summed E-state index contributed by atoms with van der Waals surface area (Å²) in [6.07, 6.45) is -3.69. The molecular weight excluding hydrogens is 509 g/mol. The van der Waals surface area contributed by atoms with E-state index in [-0.39, 0.29) is 23.2 Å². The Labute approximate surface area is 223 Å². The number of nitrogens with one attached hydrogen (secondary N) is 2. The van der Waals surface area contributed by atoms with Crippen LogP contribution in [-0.2, 0) is 6.18 Å². The maximum Gasteiger partial charge on any atom is 0.419 e. The maximum atomic E-state index is 13.8. The van der Waals surface area contributed by atoms with Gasteiger partial charge >= 0.3 is 6.18 Å². The number of anilines is 1. The van der Waals surface area contributed by atoms with Crippen molar-refractivity contribution in [3.05, 3.63) is 77.5 Å². The number of fused-ring (bicyclic) bond motifs is 1. The molecule has 0 spiro atoms. The van der Waals surface area contributed by atoms with Crippen molar-refractivity contribution >= 4 is 28.3 Å². The number of aromatic nitrogens is 2. The maximum absolute atomic E-state index is 13.8. The van der Waals surface area contributed by atoms with Crippen LogP contribution in [0.3, 0.4) is 0 Å². The van der Waals surface area contributed by atoms with Gasteiger partial charge in [-0.3, -0.25) is 14.7 Å². The minimum absolute atomic E-state index is 0.117. The highest BCUT2D eigenvalue weighted by atomic mass is 19.4. The van der Waals surface area contributed by atoms with Crippen LogP contribution in [0.15, 0.2) is 60.7 Å². The molecule has 7 nitrogen and oxygen atoms in total. The molecule has 5 rings (SSSR count). The van der Waals surface area contributed by atoms with Crippen molar-refractivity contribution in [3.8, 4) is 16.9 Å². The lowest BCUT2D eigenvalue weighted by molar-refractivity contribution is -0.139. The molecule has 0 unspecified atom stereocenters. The van der Waals surface area contributed by atoms with Crippen LogP contribution in [0.1, 0.15) is 46.2 Å². The second kappa shape index (κ2) is 10.5. The third kappa shape index (κ3) is 5.80. The lowest BCUT2D eigenvalue weighted by Gasteiger charge is -2.30. The Balaban J connectivity index is 1.31. The fraction of sp³-hybridized carbons (Fsp3) is 0.276. The molecule has 3 aromatic carbocycles. The molecule has 0 radical (unpaired) electrons. The van der Waals surface area contributed by atoms with E-state index in [0.29, 0.717) is 24.2 Å². The molecule has 0 atom stereocenters. The number of amides is 1. The molecule has 1 aliphatic rings. The number of aromatic amines is 1. The van der Waals surface area contributed by atoms with Gasteiger partial charge in [-0.15, -0.1) is 0 Å². The third-order valence-corrected chi connectivity index (χ3v) is 6.88. The monoisotopic (exact) mass is 536 g/mol. The number of alkyl halides is 3. The van der Waals surface area contributed by atoms with E-state index in [9.17, 15) is 22.8 Å². The van der Waals surface area contributed by atoms with Crippen LogP contribution in [-0.4, -0.2) is 53.0 Å². The van der Waals surface area contributed by atoms with Crippen LogP contribution < -0.4 is 10.1 Å². The summed E-state index contributed by atoms with van der Waals surface area (Å²) in [4.78, 5) is 26.6. The smallest absolute Gasteiger partial charge is 0.419 e. The number of nitrogens with zero attached hydrogens (tertiary/aromatic N) is 2. The predicted octanol–water partition coefficient (Wildman–Crippen LogP) is 6.18. The molecule has 202 valence electrons. The molecule has 10 heteroatoms. The quantitative estimate of drug-likeness (QED) is 0.288. The number of likely N-dealkylation sites (tertiary alicyclic amines) is 1. The molecule has 2 heterocycles. The first-order valence-corrected chi connectivity index (χ1v) is 12.6. The Morgan fingerprint density at radius 3 is 2.36 bits per heavy atom. The number of carbonyl (C=O) groups is 2. The van der Waals surface area contributed by atoms with E-state index in [2.05, 4.69) is 20.4 Å². The number of H-pyrrole nitrogens is 1. The molecule has 39 heavy (non-hydrogen) atoms. The number of ether oxygens (including phenoxy) is 1. The largest absolute Gasteiger partial charge is 0.490 e. The SMILES string of the molecule is CC(=O)c1n[nH]c2cc(-c3ccc(NC(=O)c4ccc(OC5CCN(C)CC5)c(C(F)(F)F)c4)cc3)ccc12. The number of hydrogen-bond acceptors (Lipinski definition) is 5. The molecular formula is C29H27F3N4O3. The molecule has 1 aromatic heterocycles. The summed E-state index contributed by atoms with van der Waals surface area (Å²) < 4.78 is 47.2. The predicted molar refractivity (Wildman–Crippen MR) is 142 cm³/mol. The van der Waals surface area contributed by atoms with E-state index in [0.717, 1.165) is 41.2 Å². The highest BCUT2D eigenvalue weighted by Gasteiger charge is 2.36. The summed E-state index contributed by atoms with van der Waals surface area (Å²) in [6.45, 7) is 2.97. The molecule has 1 fully saturated rings. The Hall–Kier alpha value is -4.18. The number of Topliss-reactive ketones (excluding diaryl/α,β-unsaturated/α-hetero) is 1. The molecule has 0 saturated carbocycles. The van der Waals surface area contributed by atoms with Crippen LogP contribution >= 0.6 is 0 Å². The van der Waals surface area contributed by atoms with E-state index in [1.54, 1.807) is 24.3 Å². The molecule has 1 saturated heterocycles. The molecule has 4 aromatic rings. The van der Waals surface area contributed by atoms with Crippen molar-refractivity contribution in [2.24, 2.45) is 0 Å². The summed E-state index contributed by atoms with van der Waals surface area (Å²) in [5, 5.41) is 10.3. The topological polar surface area (TPSA) is 87.3 Å². The molecule has 0 aliphatic carbocycles. The molecule has 2 N–H and O–H groups in total. The molecule has 1 amide bonds. The van der Waals surface area contributed by atoms with Gasteiger partial charge < -0.3 is 15.0 Å². The number of benzene rings is 3. The van der Waals surface area contributed by atoms with E-state index < -0.39 is 17.6 Å². The fourth-order valence-electron chi connectivity index (χ4n) is 4.69. The van der Waals surface area contributed by atoms with Crippen LogP contribution in [0.5, 0.6) is 5.75 Å². The normalized spacial score (nSPS) is 14.9. The Morgan fingerprint density at radius 2 is 1.69 bits per heavy atom. The Kier molecular flexibility index (Phi) is 7.14. The number of carbonyl (C=O) groups excluding carboxylic acids is 2. The van der Waals surface area contributed by atoms with Crippen molar-refractivity contribution in [3.63, 3.8) is 0 Å². The van der Waals surface area contributed by atoms with Gasteiger partial charge in [-0.05, 0) is 73.5 Å². The van der Waals surface area contributed by atoms with Crippen molar-refractivity contribution in [2.45, 2.75) is 32.0 Å². The minimum Gasteiger partial charge on any atom is -0.490 e.